The van der Waals surface area contributed by atoms with Crippen molar-refractivity contribution >= 4 is 38.9 Å². The summed E-state index contributed by atoms with van der Waals surface area (Å²) in [4.78, 5) is 0.252. The molecule has 0 amide bonds. The Kier molecular flexibility index (Phi) is 3.35. The van der Waals surface area contributed by atoms with E-state index in [1.165, 1.54) is 0 Å². The second kappa shape index (κ2) is 5.14. The maximum absolute atomic E-state index is 5.61. The summed E-state index contributed by atoms with van der Waals surface area (Å²) in [5.41, 5.74) is 0. The number of hydrogen-bond donors (Lipinski definition) is 1. The topological polar surface area (TPSA) is 51.0 Å². The van der Waals surface area contributed by atoms with Crippen molar-refractivity contribution in [2.24, 2.45) is 0 Å². The molecule has 1 heterocycles. The zero-order valence-electron chi connectivity index (χ0n) is 9.72. The Morgan fingerprint density at radius 2 is 2.00 bits per heavy atom. The van der Waals surface area contributed by atoms with Crippen molar-refractivity contribution in [3.8, 4) is 5.75 Å². The standard InChI is InChI=1S/C13H9BrN2O2S/c14-10-3-1-9-6-11(4-2-8(9)5-10)17-7-12-15-16-13(19)18-12/h1-6H,7H2,(H,16,19). The van der Waals surface area contributed by atoms with Crippen LogP contribution in [-0.4, -0.2) is 10.2 Å². The first-order valence-corrected chi connectivity index (χ1v) is 6.77. The molecular formula is C13H9BrN2O2S. The van der Waals surface area contributed by atoms with Crippen LogP contribution < -0.4 is 4.74 Å². The Bertz CT molecular complexity index is 781. The molecular weight excluding hydrogens is 328 g/mol. The quantitative estimate of drug-likeness (QED) is 0.727. The summed E-state index contributed by atoms with van der Waals surface area (Å²) < 4.78 is 11.8. The van der Waals surface area contributed by atoms with Gasteiger partial charge < -0.3 is 9.15 Å². The van der Waals surface area contributed by atoms with Crippen molar-refractivity contribution in [3.63, 3.8) is 0 Å². The molecule has 1 N–H and O–H groups in total. The summed E-state index contributed by atoms with van der Waals surface area (Å²) >= 11 is 8.24. The summed E-state index contributed by atoms with van der Waals surface area (Å²) in [6.07, 6.45) is 0. The van der Waals surface area contributed by atoms with Crippen LogP contribution in [0.5, 0.6) is 5.75 Å². The Morgan fingerprint density at radius 3 is 2.79 bits per heavy atom. The molecule has 2 aromatic carbocycles. The molecule has 0 saturated heterocycles. The summed E-state index contributed by atoms with van der Waals surface area (Å²) in [5.74, 6) is 1.19. The van der Waals surface area contributed by atoms with Crippen LogP contribution in [0.4, 0.5) is 0 Å². The zero-order chi connectivity index (χ0) is 13.2. The van der Waals surface area contributed by atoms with Gasteiger partial charge in [-0.15, -0.1) is 5.10 Å². The molecule has 4 nitrogen and oxygen atoms in total. The number of halogens is 1. The molecule has 1 aromatic heterocycles. The number of benzene rings is 2. The lowest BCUT2D eigenvalue weighted by Gasteiger charge is -2.05. The summed E-state index contributed by atoms with van der Waals surface area (Å²) in [6, 6.07) is 12.0. The number of nitrogens with zero attached hydrogens (tertiary/aromatic N) is 1. The van der Waals surface area contributed by atoms with E-state index in [9.17, 15) is 0 Å². The molecule has 3 aromatic rings. The lowest BCUT2D eigenvalue weighted by molar-refractivity contribution is 0.262. The number of H-pyrrole nitrogens is 1. The fraction of sp³-hybridized carbons (Fsp3) is 0.0769. The molecule has 0 saturated carbocycles. The first-order valence-electron chi connectivity index (χ1n) is 5.57. The van der Waals surface area contributed by atoms with Gasteiger partial charge in [-0.2, -0.15) is 0 Å². The van der Waals surface area contributed by atoms with Crippen LogP contribution in [0.25, 0.3) is 10.8 Å². The minimum Gasteiger partial charge on any atom is -0.484 e. The summed E-state index contributed by atoms with van der Waals surface area (Å²) in [5, 5.41) is 8.70. The highest BCUT2D eigenvalue weighted by Gasteiger charge is 2.02. The van der Waals surface area contributed by atoms with Gasteiger partial charge in [0.05, 0.1) is 0 Å². The highest BCUT2D eigenvalue weighted by Crippen LogP contribution is 2.24. The van der Waals surface area contributed by atoms with Gasteiger partial charge in [-0.1, -0.05) is 28.1 Å². The summed E-state index contributed by atoms with van der Waals surface area (Å²) in [7, 11) is 0. The van der Waals surface area contributed by atoms with Crippen LogP contribution in [0, 0.1) is 4.84 Å². The van der Waals surface area contributed by atoms with Crippen molar-refractivity contribution in [1.82, 2.24) is 10.2 Å². The van der Waals surface area contributed by atoms with Crippen molar-refractivity contribution in [3.05, 3.63) is 51.6 Å². The minimum absolute atomic E-state index is 0.245. The SMILES string of the molecule is S=c1[nH]nc(COc2ccc3cc(Br)ccc3c2)o1. The highest BCUT2D eigenvalue weighted by molar-refractivity contribution is 9.10. The number of hydrogen-bond acceptors (Lipinski definition) is 4. The Labute approximate surface area is 122 Å². The number of ether oxygens (including phenoxy) is 1. The van der Waals surface area contributed by atoms with E-state index in [1.54, 1.807) is 0 Å². The predicted octanol–water partition coefficient (Wildman–Crippen LogP) is 4.23. The number of nitrogens with one attached hydrogen (secondary N) is 1. The molecule has 0 aliphatic rings. The third-order valence-corrected chi connectivity index (χ3v) is 3.29. The zero-order valence-corrected chi connectivity index (χ0v) is 12.1. The van der Waals surface area contributed by atoms with Crippen molar-refractivity contribution in [2.45, 2.75) is 6.61 Å². The van der Waals surface area contributed by atoms with E-state index in [0.29, 0.717) is 5.89 Å². The maximum atomic E-state index is 5.61. The van der Waals surface area contributed by atoms with E-state index in [2.05, 4.69) is 32.2 Å². The lowest BCUT2D eigenvalue weighted by Crippen LogP contribution is -1.95. The molecule has 96 valence electrons. The third-order valence-electron chi connectivity index (χ3n) is 2.62. The highest BCUT2D eigenvalue weighted by atomic mass is 79.9. The Balaban J connectivity index is 1.81. The van der Waals surface area contributed by atoms with Gasteiger partial charge in [0.1, 0.15) is 5.75 Å². The largest absolute Gasteiger partial charge is 0.484 e. The Hall–Kier alpha value is -1.66. The maximum Gasteiger partial charge on any atom is 0.284 e. The first kappa shape index (κ1) is 12.4. The average molecular weight is 337 g/mol. The van der Waals surface area contributed by atoms with E-state index in [1.807, 2.05) is 30.3 Å². The molecule has 3 rings (SSSR count). The number of rotatable bonds is 3. The molecule has 0 radical (unpaired) electrons. The van der Waals surface area contributed by atoms with Gasteiger partial charge >= 0.3 is 0 Å². The molecule has 0 fully saturated rings. The van der Waals surface area contributed by atoms with Crippen LogP contribution in [0.2, 0.25) is 0 Å². The number of aromatic nitrogens is 2. The smallest absolute Gasteiger partial charge is 0.284 e. The first-order chi connectivity index (χ1) is 9.20. The van der Waals surface area contributed by atoms with E-state index in [-0.39, 0.29) is 11.4 Å². The van der Waals surface area contributed by atoms with Crippen LogP contribution in [0.1, 0.15) is 5.89 Å². The average Bonchev–Trinajstić information content (AvgIpc) is 2.82. The van der Waals surface area contributed by atoms with Gasteiger partial charge in [0, 0.05) is 4.47 Å². The van der Waals surface area contributed by atoms with Gasteiger partial charge in [0.25, 0.3) is 10.7 Å². The normalized spacial score (nSPS) is 10.8. The second-order valence-corrected chi connectivity index (χ2v) is 5.24. The lowest BCUT2D eigenvalue weighted by atomic mass is 10.1. The van der Waals surface area contributed by atoms with Crippen LogP contribution in [0.15, 0.2) is 45.3 Å². The molecule has 19 heavy (non-hydrogen) atoms. The molecule has 0 aliphatic carbocycles. The Morgan fingerprint density at radius 1 is 1.21 bits per heavy atom. The van der Waals surface area contributed by atoms with Gasteiger partial charge in [0.15, 0.2) is 6.61 Å². The minimum atomic E-state index is 0.245. The van der Waals surface area contributed by atoms with Gasteiger partial charge in [0.2, 0.25) is 0 Å². The van der Waals surface area contributed by atoms with E-state index >= 15 is 0 Å². The van der Waals surface area contributed by atoms with Gasteiger partial charge in [-0.25, -0.2) is 5.10 Å². The van der Waals surface area contributed by atoms with Crippen LogP contribution in [-0.2, 0) is 6.61 Å². The second-order valence-electron chi connectivity index (χ2n) is 3.95. The molecule has 0 aliphatic heterocycles. The van der Waals surface area contributed by atoms with Crippen LogP contribution in [0.3, 0.4) is 0 Å². The fourth-order valence-electron chi connectivity index (χ4n) is 1.75. The fourth-order valence-corrected chi connectivity index (χ4v) is 2.27. The molecule has 0 unspecified atom stereocenters. The predicted molar refractivity (Wildman–Crippen MR) is 77.7 cm³/mol. The number of aromatic amines is 1. The molecule has 0 bridgehead atoms. The monoisotopic (exact) mass is 336 g/mol. The van der Waals surface area contributed by atoms with Crippen molar-refractivity contribution in [1.29, 1.82) is 0 Å². The molecule has 0 atom stereocenters. The van der Waals surface area contributed by atoms with Crippen molar-refractivity contribution < 1.29 is 9.15 Å². The third kappa shape index (κ3) is 2.85. The van der Waals surface area contributed by atoms with E-state index in [0.717, 1.165) is 21.0 Å². The molecule has 0 spiro atoms. The van der Waals surface area contributed by atoms with Gasteiger partial charge in [-0.3, -0.25) is 0 Å². The van der Waals surface area contributed by atoms with E-state index in [4.69, 9.17) is 21.4 Å². The van der Waals surface area contributed by atoms with Gasteiger partial charge in [-0.05, 0) is 47.3 Å². The van der Waals surface area contributed by atoms with Crippen molar-refractivity contribution in [2.75, 3.05) is 0 Å². The molecule has 6 heteroatoms. The summed E-state index contributed by atoms with van der Waals surface area (Å²) in [6.45, 7) is 0.245. The number of fused-ring (bicyclic) bond motifs is 1. The van der Waals surface area contributed by atoms with Crippen LogP contribution >= 0.6 is 28.1 Å². The van der Waals surface area contributed by atoms with E-state index < -0.39 is 0 Å².